The van der Waals surface area contributed by atoms with E-state index in [4.69, 9.17) is 18.9 Å². The Labute approximate surface area is 211 Å². The van der Waals surface area contributed by atoms with Crippen LogP contribution in [0, 0.1) is 0 Å². The summed E-state index contributed by atoms with van der Waals surface area (Å²) < 4.78 is 22.9. The van der Waals surface area contributed by atoms with Gasteiger partial charge in [-0.3, -0.25) is 4.79 Å². The smallest absolute Gasteiger partial charge is 0.185 e. The minimum atomic E-state index is -0.168. The van der Waals surface area contributed by atoms with Crippen LogP contribution in [-0.2, 0) is 13.2 Å². The molecule has 4 rings (SSSR count). The van der Waals surface area contributed by atoms with Crippen molar-refractivity contribution in [2.24, 2.45) is 0 Å². The monoisotopic (exact) mass is 480 g/mol. The quantitative estimate of drug-likeness (QED) is 0.175. The third-order valence-corrected chi connectivity index (χ3v) is 5.55. The van der Waals surface area contributed by atoms with Crippen LogP contribution in [0.2, 0.25) is 0 Å². The van der Waals surface area contributed by atoms with Gasteiger partial charge in [-0.15, -0.1) is 0 Å². The van der Waals surface area contributed by atoms with E-state index in [0.717, 1.165) is 16.7 Å². The Kier molecular flexibility index (Phi) is 8.39. The summed E-state index contributed by atoms with van der Waals surface area (Å²) >= 11 is 0. The maximum Gasteiger partial charge on any atom is 0.185 e. The zero-order chi connectivity index (χ0) is 25.2. The number of benzene rings is 4. The van der Waals surface area contributed by atoms with Crippen LogP contribution in [0.1, 0.15) is 27.0 Å². The molecule has 0 saturated carbocycles. The lowest BCUT2D eigenvalue weighted by Gasteiger charge is -2.14. The lowest BCUT2D eigenvalue weighted by Crippen LogP contribution is -2.03. The second kappa shape index (κ2) is 12.3. The first-order chi connectivity index (χ1) is 17.7. The highest BCUT2D eigenvalue weighted by molar-refractivity contribution is 6.07. The number of hydrogen-bond donors (Lipinski definition) is 0. The minimum Gasteiger partial charge on any atom is -0.493 e. The Hall–Kier alpha value is -4.51. The molecule has 182 valence electrons. The Morgan fingerprint density at radius 1 is 0.667 bits per heavy atom. The summed E-state index contributed by atoms with van der Waals surface area (Å²) in [4.78, 5) is 13.0. The SMILES string of the molecule is COc1cccc(/C=C/C(=O)c2ccc(OCc3ccccc3)c(OCc3ccccc3)c2)c1OC. The number of hydrogen-bond acceptors (Lipinski definition) is 5. The van der Waals surface area contributed by atoms with Crippen LogP contribution in [0.3, 0.4) is 0 Å². The molecule has 5 nitrogen and oxygen atoms in total. The van der Waals surface area contributed by atoms with E-state index in [-0.39, 0.29) is 5.78 Å². The second-order valence-corrected chi connectivity index (χ2v) is 7.99. The molecule has 0 radical (unpaired) electrons. The van der Waals surface area contributed by atoms with E-state index in [9.17, 15) is 4.79 Å². The van der Waals surface area contributed by atoms with Gasteiger partial charge in [-0.05, 0) is 47.5 Å². The van der Waals surface area contributed by atoms with Crippen molar-refractivity contribution in [1.82, 2.24) is 0 Å². The first kappa shape index (κ1) is 24.6. The van der Waals surface area contributed by atoms with Crippen molar-refractivity contribution in [3.8, 4) is 23.0 Å². The zero-order valence-corrected chi connectivity index (χ0v) is 20.3. The molecule has 5 heteroatoms. The number of carbonyl (C=O) groups excluding carboxylic acids is 1. The van der Waals surface area contributed by atoms with Gasteiger partial charge >= 0.3 is 0 Å². The Balaban J connectivity index is 1.56. The van der Waals surface area contributed by atoms with Gasteiger partial charge in [-0.1, -0.05) is 72.8 Å². The van der Waals surface area contributed by atoms with E-state index in [2.05, 4.69) is 0 Å². The second-order valence-electron chi connectivity index (χ2n) is 7.99. The van der Waals surface area contributed by atoms with Crippen LogP contribution in [-0.4, -0.2) is 20.0 Å². The largest absolute Gasteiger partial charge is 0.493 e. The number of carbonyl (C=O) groups is 1. The van der Waals surface area contributed by atoms with Gasteiger partial charge in [0, 0.05) is 11.1 Å². The molecule has 0 aliphatic rings. The van der Waals surface area contributed by atoms with E-state index >= 15 is 0 Å². The molecule has 0 aliphatic carbocycles. The maximum atomic E-state index is 13.0. The van der Waals surface area contributed by atoms with E-state index < -0.39 is 0 Å². The highest BCUT2D eigenvalue weighted by Gasteiger charge is 2.12. The van der Waals surface area contributed by atoms with Crippen LogP contribution in [0.5, 0.6) is 23.0 Å². The number of rotatable bonds is 11. The van der Waals surface area contributed by atoms with Crippen LogP contribution < -0.4 is 18.9 Å². The fraction of sp³-hybridized carbons (Fsp3) is 0.129. The van der Waals surface area contributed by atoms with Crippen LogP contribution >= 0.6 is 0 Å². The first-order valence-electron chi connectivity index (χ1n) is 11.6. The average Bonchev–Trinajstić information content (AvgIpc) is 2.94. The molecule has 0 aliphatic heterocycles. The van der Waals surface area contributed by atoms with Gasteiger partial charge in [-0.25, -0.2) is 0 Å². The van der Waals surface area contributed by atoms with Gasteiger partial charge < -0.3 is 18.9 Å². The molecule has 0 atom stereocenters. The molecule has 0 amide bonds. The number of methoxy groups -OCH3 is 2. The molecule has 4 aromatic carbocycles. The molecule has 36 heavy (non-hydrogen) atoms. The topological polar surface area (TPSA) is 54.0 Å². The van der Waals surface area contributed by atoms with Crippen molar-refractivity contribution in [1.29, 1.82) is 0 Å². The van der Waals surface area contributed by atoms with Gasteiger partial charge in [0.15, 0.2) is 28.8 Å². The zero-order valence-electron chi connectivity index (χ0n) is 20.3. The van der Waals surface area contributed by atoms with Crippen molar-refractivity contribution in [2.45, 2.75) is 13.2 Å². The summed E-state index contributed by atoms with van der Waals surface area (Å²) in [6, 6.07) is 30.5. The van der Waals surface area contributed by atoms with Gasteiger partial charge in [0.1, 0.15) is 13.2 Å². The lowest BCUT2D eigenvalue weighted by atomic mass is 10.1. The van der Waals surface area contributed by atoms with Crippen LogP contribution in [0.25, 0.3) is 6.08 Å². The Morgan fingerprint density at radius 3 is 1.92 bits per heavy atom. The molecule has 4 aromatic rings. The molecule has 0 spiro atoms. The summed E-state index contributed by atoms with van der Waals surface area (Å²) in [5, 5.41) is 0. The van der Waals surface area contributed by atoms with Crippen LogP contribution in [0.15, 0.2) is 103 Å². The molecular formula is C31H28O5. The molecule has 0 fully saturated rings. The molecule has 0 unspecified atom stereocenters. The predicted molar refractivity (Wildman–Crippen MR) is 141 cm³/mol. The third-order valence-electron chi connectivity index (χ3n) is 5.55. The predicted octanol–water partition coefficient (Wildman–Crippen LogP) is 6.76. The number of para-hydroxylation sites is 1. The summed E-state index contributed by atoms with van der Waals surface area (Å²) in [5.74, 6) is 2.08. The third kappa shape index (κ3) is 6.33. The summed E-state index contributed by atoms with van der Waals surface area (Å²) in [5.41, 5.74) is 3.30. The highest BCUT2D eigenvalue weighted by atomic mass is 16.5. The fourth-order valence-corrected chi connectivity index (χ4v) is 3.67. The van der Waals surface area contributed by atoms with E-state index in [1.54, 1.807) is 38.5 Å². The Bertz CT molecular complexity index is 1310. The standard InChI is InChI=1S/C31H28O5/c1-33-29-15-9-14-25(31(29)34-2)16-18-27(32)26-17-19-28(35-21-23-10-5-3-6-11-23)30(20-26)36-22-24-12-7-4-8-13-24/h3-20H,21-22H2,1-2H3/b18-16+. The van der Waals surface area contributed by atoms with Crippen molar-refractivity contribution < 1.29 is 23.7 Å². The first-order valence-corrected chi connectivity index (χ1v) is 11.6. The van der Waals surface area contributed by atoms with Crippen LogP contribution in [0.4, 0.5) is 0 Å². The van der Waals surface area contributed by atoms with Crippen molar-refractivity contribution in [3.63, 3.8) is 0 Å². The molecule has 0 heterocycles. The average molecular weight is 481 g/mol. The summed E-state index contributed by atoms with van der Waals surface area (Å²) in [7, 11) is 3.15. The maximum absolute atomic E-state index is 13.0. The number of ketones is 1. The normalized spacial score (nSPS) is 10.7. The van der Waals surface area contributed by atoms with Gasteiger partial charge in [0.2, 0.25) is 0 Å². The highest BCUT2D eigenvalue weighted by Crippen LogP contribution is 2.33. The fourth-order valence-electron chi connectivity index (χ4n) is 3.67. The molecule has 0 aromatic heterocycles. The minimum absolute atomic E-state index is 0.168. The molecule has 0 N–H and O–H groups in total. The van der Waals surface area contributed by atoms with E-state index in [1.807, 2.05) is 78.9 Å². The number of allylic oxidation sites excluding steroid dienone is 1. The van der Waals surface area contributed by atoms with E-state index in [1.165, 1.54) is 6.08 Å². The summed E-state index contributed by atoms with van der Waals surface area (Å²) in [6.45, 7) is 0.752. The van der Waals surface area contributed by atoms with Crippen molar-refractivity contribution in [2.75, 3.05) is 14.2 Å². The van der Waals surface area contributed by atoms with Crippen molar-refractivity contribution >= 4 is 11.9 Å². The van der Waals surface area contributed by atoms with Crippen molar-refractivity contribution in [3.05, 3.63) is 125 Å². The Morgan fingerprint density at radius 2 is 1.31 bits per heavy atom. The van der Waals surface area contributed by atoms with Gasteiger partial charge in [-0.2, -0.15) is 0 Å². The van der Waals surface area contributed by atoms with E-state index in [0.29, 0.717) is 41.8 Å². The lowest BCUT2D eigenvalue weighted by molar-refractivity contribution is 0.104. The van der Waals surface area contributed by atoms with Gasteiger partial charge in [0.05, 0.1) is 14.2 Å². The molecular weight excluding hydrogens is 452 g/mol. The summed E-state index contributed by atoms with van der Waals surface area (Å²) in [6.07, 6.45) is 3.23. The van der Waals surface area contributed by atoms with Gasteiger partial charge in [0.25, 0.3) is 0 Å². The molecule has 0 saturated heterocycles. The molecule has 0 bridgehead atoms. The number of ether oxygens (including phenoxy) is 4.